The van der Waals surface area contributed by atoms with E-state index in [-0.39, 0.29) is 25.2 Å². The lowest BCUT2D eigenvalue weighted by molar-refractivity contribution is -0.253. The summed E-state index contributed by atoms with van der Waals surface area (Å²) in [5.74, 6) is -1.53. The molecule has 156 valence electrons. The Morgan fingerprint density at radius 2 is 1.79 bits per heavy atom. The lowest BCUT2D eigenvalue weighted by Crippen LogP contribution is -2.70. The van der Waals surface area contributed by atoms with Crippen LogP contribution in [0.5, 0.6) is 0 Å². The molecule has 0 aromatic carbocycles. The number of Topliss-reactive ketones (excluding diaryl/α,β-unsaturated/α-hetero) is 1. The molecule has 0 amide bonds. The first-order valence-electron chi connectivity index (χ1n) is 10.1. The monoisotopic (exact) mass is 396 g/mol. The molecule has 5 rings (SSSR count). The molecule has 8 nitrogen and oxygen atoms in total. The average Bonchev–Trinajstić information content (AvgIpc) is 2.92. The van der Waals surface area contributed by atoms with E-state index in [0.717, 1.165) is 0 Å². The second-order valence-electron chi connectivity index (χ2n) is 10.3. The van der Waals surface area contributed by atoms with E-state index < -0.39 is 63.6 Å². The van der Waals surface area contributed by atoms with Crippen LogP contribution in [0.1, 0.15) is 52.4 Å². The van der Waals surface area contributed by atoms with Crippen molar-refractivity contribution >= 4 is 11.8 Å². The third-order valence-corrected chi connectivity index (χ3v) is 9.78. The Morgan fingerprint density at radius 1 is 1.11 bits per heavy atom. The van der Waals surface area contributed by atoms with Gasteiger partial charge >= 0.3 is 5.97 Å². The minimum absolute atomic E-state index is 0.00617. The zero-order valence-electron chi connectivity index (χ0n) is 16.1. The van der Waals surface area contributed by atoms with E-state index in [4.69, 9.17) is 4.74 Å². The number of aliphatic hydroxyl groups is 5. The average molecular weight is 396 g/mol. The van der Waals surface area contributed by atoms with Crippen molar-refractivity contribution in [2.24, 2.45) is 22.2 Å². The van der Waals surface area contributed by atoms with Crippen molar-refractivity contribution in [1.82, 2.24) is 0 Å². The molecule has 1 spiro atoms. The molecule has 9 atom stereocenters. The van der Waals surface area contributed by atoms with Gasteiger partial charge in [-0.25, -0.2) is 0 Å². The summed E-state index contributed by atoms with van der Waals surface area (Å²) in [5.41, 5.74) is -8.48. The van der Waals surface area contributed by atoms with Crippen LogP contribution < -0.4 is 0 Å². The van der Waals surface area contributed by atoms with Crippen LogP contribution in [0.25, 0.3) is 0 Å². The number of hydrogen-bond donors (Lipinski definition) is 5. The van der Waals surface area contributed by atoms with Gasteiger partial charge in [-0.05, 0) is 39.0 Å². The minimum Gasteiger partial charge on any atom is -0.458 e. The van der Waals surface area contributed by atoms with Crippen LogP contribution in [-0.2, 0) is 14.3 Å². The molecular weight excluding hydrogens is 368 g/mol. The predicted molar refractivity (Wildman–Crippen MR) is 92.7 cm³/mol. The van der Waals surface area contributed by atoms with Crippen LogP contribution in [0.3, 0.4) is 0 Å². The van der Waals surface area contributed by atoms with Crippen molar-refractivity contribution in [3.8, 4) is 0 Å². The van der Waals surface area contributed by atoms with Crippen LogP contribution in [0.4, 0.5) is 0 Å². The van der Waals surface area contributed by atoms with Gasteiger partial charge in [-0.1, -0.05) is 6.92 Å². The summed E-state index contributed by atoms with van der Waals surface area (Å²) in [6.07, 6.45) is -1.30. The topological polar surface area (TPSA) is 145 Å². The molecule has 28 heavy (non-hydrogen) atoms. The molecule has 0 aromatic rings. The Balaban J connectivity index is 1.73. The maximum atomic E-state index is 13.5. The fraction of sp³-hybridized carbons (Fsp3) is 0.900. The highest BCUT2D eigenvalue weighted by molar-refractivity contribution is 5.98. The number of carbonyl (C=O) groups is 2. The number of carbonyl (C=O) groups excluding carboxylic acids is 2. The number of aliphatic hydroxyl groups excluding tert-OH is 3. The molecule has 4 bridgehead atoms. The number of rotatable bonds is 1. The molecule has 4 saturated carbocycles. The molecule has 0 unspecified atom stereocenters. The maximum Gasteiger partial charge on any atom is 0.315 e. The summed E-state index contributed by atoms with van der Waals surface area (Å²) in [6, 6.07) is 0. The van der Waals surface area contributed by atoms with Crippen LogP contribution in [0, 0.1) is 22.2 Å². The fourth-order valence-corrected chi connectivity index (χ4v) is 8.04. The highest BCUT2D eigenvalue weighted by atomic mass is 16.6. The van der Waals surface area contributed by atoms with Gasteiger partial charge in [0, 0.05) is 23.2 Å². The van der Waals surface area contributed by atoms with Crippen LogP contribution in [0.15, 0.2) is 0 Å². The molecule has 5 fully saturated rings. The normalized spacial score (nSPS) is 62.3. The predicted octanol–water partition coefficient (Wildman–Crippen LogP) is -0.962. The molecule has 8 heteroatoms. The summed E-state index contributed by atoms with van der Waals surface area (Å²) in [7, 11) is 0. The Hall–Kier alpha value is -1.06. The Kier molecular flexibility index (Phi) is 3.25. The number of hydrogen-bond acceptors (Lipinski definition) is 8. The third-order valence-electron chi connectivity index (χ3n) is 9.78. The van der Waals surface area contributed by atoms with Crippen molar-refractivity contribution in [2.75, 3.05) is 6.61 Å². The highest BCUT2D eigenvalue weighted by Gasteiger charge is 2.86. The van der Waals surface area contributed by atoms with Gasteiger partial charge in [-0.2, -0.15) is 0 Å². The third kappa shape index (κ3) is 1.49. The summed E-state index contributed by atoms with van der Waals surface area (Å²) >= 11 is 0. The van der Waals surface area contributed by atoms with E-state index in [1.165, 1.54) is 0 Å². The molecule has 1 heterocycles. The maximum absolute atomic E-state index is 13.5. The first kappa shape index (κ1) is 18.9. The zero-order valence-corrected chi connectivity index (χ0v) is 16.1. The van der Waals surface area contributed by atoms with E-state index in [2.05, 4.69) is 0 Å². The van der Waals surface area contributed by atoms with Gasteiger partial charge in [0.2, 0.25) is 0 Å². The lowest BCUT2D eigenvalue weighted by atomic mass is 9.39. The van der Waals surface area contributed by atoms with Crippen molar-refractivity contribution in [3.05, 3.63) is 0 Å². The van der Waals surface area contributed by atoms with Gasteiger partial charge in [0.1, 0.15) is 16.6 Å². The van der Waals surface area contributed by atoms with Crippen molar-refractivity contribution in [3.63, 3.8) is 0 Å². The molecular formula is C20H28O8. The van der Waals surface area contributed by atoms with Gasteiger partial charge in [-0.3, -0.25) is 9.59 Å². The summed E-state index contributed by atoms with van der Waals surface area (Å²) < 4.78 is 5.98. The SMILES string of the molecule is C[C@@]12C(=O)O[C@@]3(C[C@@H](O)[C@H]1O)[C@@H]2CC[C@@]12C[C@@](O)(CC[C@@]13C)[C@@](O)(CO)C2=O. The van der Waals surface area contributed by atoms with Crippen molar-refractivity contribution < 1.29 is 39.9 Å². The Labute approximate surface area is 162 Å². The zero-order chi connectivity index (χ0) is 20.5. The van der Waals surface area contributed by atoms with E-state index in [9.17, 15) is 35.1 Å². The first-order chi connectivity index (χ1) is 12.9. The summed E-state index contributed by atoms with van der Waals surface area (Å²) in [6.45, 7) is 2.61. The molecule has 1 aliphatic heterocycles. The second kappa shape index (κ2) is 4.81. The molecule has 4 aliphatic carbocycles. The van der Waals surface area contributed by atoms with Gasteiger partial charge in [-0.15, -0.1) is 0 Å². The standard InChI is InChI=1S/C20H28O8/c1-15-5-6-18(26)8-17(15,13(24)19(18,27)9-21)4-3-11-16(2)12(23)10(22)7-20(11,15)28-14(16)25/h10-12,21-23,26-27H,3-9H2,1-2H3/t10-,11-,12-,15+,16+,17+,18+,19-,20+/m1/s1. The van der Waals surface area contributed by atoms with Crippen LogP contribution >= 0.6 is 0 Å². The number of ketones is 1. The summed E-state index contributed by atoms with van der Waals surface area (Å²) in [4.78, 5) is 26.5. The lowest BCUT2D eigenvalue weighted by Gasteiger charge is -2.65. The fourth-order valence-electron chi connectivity index (χ4n) is 8.04. The molecule has 1 saturated heterocycles. The first-order valence-corrected chi connectivity index (χ1v) is 10.1. The van der Waals surface area contributed by atoms with E-state index in [1.807, 2.05) is 6.92 Å². The van der Waals surface area contributed by atoms with Gasteiger partial charge in [0.15, 0.2) is 11.4 Å². The molecule has 5 N–H and O–H groups in total. The Bertz CT molecular complexity index is 799. The van der Waals surface area contributed by atoms with E-state index in [0.29, 0.717) is 19.3 Å². The number of fused-ring (bicyclic) bond motifs is 1. The largest absolute Gasteiger partial charge is 0.458 e. The van der Waals surface area contributed by atoms with Gasteiger partial charge in [0.05, 0.1) is 18.8 Å². The molecule has 0 radical (unpaired) electrons. The number of ether oxygens (including phenoxy) is 1. The van der Waals surface area contributed by atoms with Crippen molar-refractivity contribution in [2.45, 2.75) is 81.4 Å². The number of esters is 1. The minimum atomic E-state index is -2.24. The van der Waals surface area contributed by atoms with Crippen molar-refractivity contribution in [1.29, 1.82) is 0 Å². The summed E-state index contributed by atoms with van der Waals surface area (Å²) in [5, 5.41) is 53.1. The molecule has 0 aromatic heterocycles. The smallest absolute Gasteiger partial charge is 0.315 e. The highest BCUT2D eigenvalue weighted by Crippen LogP contribution is 2.77. The Morgan fingerprint density at radius 3 is 2.43 bits per heavy atom. The second-order valence-corrected chi connectivity index (χ2v) is 10.3. The quantitative estimate of drug-likeness (QED) is 0.356. The van der Waals surface area contributed by atoms with Crippen LogP contribution in [0.2, 0.25) is 0 Å². The van der Waals surface area contributed by atoms with E-state index >= 15 is 0 Å². The van der Waals surface area contributed by atoms with Gasteiger partial charge in [0.25, 0.3) is 0 Å². The van der Waals surface area contributed by atoms with Gasteiger partial charge < -0.3 is 30.3 Å². The van der Waals surface area contributed by atoms with E-state index in [1.54, 1.807) is 6.92 Å². The van der Waals surface area contributed by atoms with Crippen LogP contribution in [-0.4, -0.2) is 72.9 Å². The molecule has 5 aliphatic rings.